The molecule has 0 aromatic heterocycles. The number of rotatable bonds is 12. The Morgan fingerprint density at radius 3 is 2.52 bits per heavy atom. The molecule has 0 aliphatic carbocycles. The van der Waals surface area contributed by atoms with E-state index in [0.717, 1.165) is 45.0 Å². The minimum Gasteiger partial charge on any atom is -0.383 e. The molecule has 0 aromatic rings. The normalized spacial score (nSPS) is 14.0. The number of ether oxygens (including phenoxy) is 1. The molecule has 0 heterocycles. The van der Waals surface area contributed by atoms with E-state index in [4.69, 9.17) is 10.5 Å². The third-order valence-electron chi connectivity index (χ3n) is 3.47. The second kappa shape index (κ2) is 12.9. The number of nitrogens with two attached hydrogens (primary N) is 1. The lowest BCUT2D eigenvalue weighted by molar-refractivity contribution is 0.161. The number of aliphatic imine (C=N–C) groups is 1. The first kappa shape index (κ1) is 20.2. The molecule has 1 atom stereocenters. The van der Waals surface area contributed by atoms with Crippen LogP contribution >= 0.6 is 0 Å². The van der Waals surface area contributed by atoms with E-state index in [1.165, 1.54) is 12.8 Å². The van der Waals surface area contributed by atoms with Gasteiger partial charge in [-0.1, -0.05) is 26.7 Å². The van der Waals surface area contributed by atoms with E-state index in [2.05, 4.69) is 43.0 Å². The molecular weight excluding hydrogens is 264 g/mol. The predicted octanol–water partition coefficient (Wildman–Crippen LogP) is 2.07. The standard InChI is InChI=1S/C16H36N4O/c1-14(2)8-6-9-15(3)19-16(17)18-10-7-11-20(4)12-13-21-5/h14-15H,6-13H2,1-5H3,(H3,17,18,19). The van der Waals surface area contributed by atoms with Gasteiger partial charge in [-0.3, -0.25) is 4.99 Å². The summed E-state index contributed by atoms with van der Waals surface area (Å²) in [5.41, 5.74) is 5.91. The molecule has 0 radical (unpaired) electrons. The summed E-state index contributed by atoms with van der Waals surface area (Å²) in [4.78, 5) is 6.63. The van der Waals surface area contributed by atoms with Crippen LogP contribution in [0.15, 0.2) is 4.99 Å². The van der Waals surface area contributed by atoms with Crippen LogP contribution in [0.4, 0.5) is 0 Å². The van der Waals surface area contributed by atoms with Gasteiger partial charge in [-0.15, -0.1) is 0 Å². The second-order valence-electron chi connectivity index (χ2n) is 6.29. The van der Waals surface area contributed by atoms with Crippen molar-refractivity contribution in [1.29, 1.82) is 0 Å². The fraction of sp³-hybridized carbons (Fsp3) is 0.938. The van der Waals surface area contributed by atoms with Crippen molar-refractivity contribution in [1.82, 2.24) is 10.2 Å². The molecule has 21 heavy (non-hydrogen) atoms. The number of hydrogen-bond donors (Lipinski definition) is 2. The van der Waals surface area contributed by atoms with Crippen molar-refractivity contribution in [2.75, 3.05) is 40.4 Å². The molecule has 0 saturated carbocycles. The van der Waals surface area contributed by atoms with Gasteiger partial charge in [-0.2, -0.15) is 0 Å². The Morgan fingerprint density at radius 2 is 1.90 bits per heavy atom. The number of methoxy groups -OCH3 is 1. The Bertz CT molecular complexity index is 269. The Labute approximate surface area is 131 Å². The van der Waals surface area contributed by atoms with Crippen LogP contribution in [-0.4, -0.2) is 57.3 Å². The van der Waals surface area contributed by atoms with Crippen LogP contribution in [-0.2, 0) is 4.74 Å². The number of guanidine groups is 1. The van der Waals surface area contributed by atoms with Crippen molar-refractivity contribution in [3.63, 3.8) is 0 Å². The molecule has 0 spiro atoms. The summed E-state index contributed by atoms with van der Waals surface area (Å²) < 4.78 is 5.05. The molecule has 0 saturated heterocycles. The van der Waals surface area contributed by atoms with Gasteiger partial charge in [-0.05, 0) is 39.3 Å². The van der Waals surface area contributed by atoms with Crippen LogP contribution in [0, 0.1) is 5.92 Å². The lowest BCUT2D eigenvalue weighted by Gasteiger charge is -2.16. The summed E-state index contributed by atoms with van der Waals surface area (Å²) in [5.74, 6) is 1.35. The van der Waals surface area contributed by atoms with Crippen molar-refractivity contribution >= 4 is 5.96 Å². The van der Waals surface area contributed by atoms with E-state index in [9.17, 15) is 0 Å². The van der Waals surface area contributed by atoms with Gasteiger partial charge in [0.25, 0.3) is 0 Å². The number of nitrogens with one attached hydrogen (secondary N) is 1. The van der Waals surface area contributed by atoms with Crippen molar-refractivity contribution in [2.24, 2.45) is 16.6 Å². The van der Waals surface area contributed by atoms with Gasteiger partial charge in [0.05, 0.1) is 6.61 Å². The van der Waals surface area contributed by atoms with Crippen LogP contribution < -0.4 is 11.1 Å². The minimum atomic E-state index is 0.400. The highest BCUT2D eigenvalue weighted by Crippen LogP contribution is 2.07. The fourth-order valence-corrected chi connectivity index (χ4v) is 2.10. The first-order chi connectivity index (χ1) is 9.95. The molecule has 5 heteroatoms. The van der Waals surface area contributed by atoms with Gasteiger partial charge in [0.15, 0.2) is 5.96 Å². The van der Waals surface area contributed by atoms with E-state index < -0.39 is 0 Å². The van der Waals surface area contributed by atoms with E-state index in [1.54, 1.807) is 7.11 Å². The SMILES string of the molecule is COCCN(C)CCCN=C(N)NC(C)CCCC(C)C. The second-order valence-corrected chi connectivity index (χ2v) is 6.29. The average molecular weight is 300 g/mol. The summed E-state index contributed by atoms with van der Waals surface area (Å²) in [6, 6.07) is 0.400. The van der Waals surface area contributed by atoms with E-state index in [-0.39, 0.29) is 0 Å². The first-order valence-corrected chi connectivity index (χ1v) is 8.19. The molecule has 0 amide bonds. The molecule has 126 valence electrons. The number of nitrogens with zero attached hydrogens (tertiary/aromatic N) is 2. The third kappa shape index (κ3) is 13.9. The zero-order valence-electron chi connectivity index (χ0n) is 14.7. The molecule has 3 N–H and O–H groups in total. The Hall–Kier alpha value is -0.810. The summed E-state index contributed by atoms with van der Waals surface area (Å²) >= 11 is 0. The maximum absolute atomic E-state index is 5.91. The summed E-state index contributed by atoms with van der Waals surface area (Å²) in [6.07, 6.45) is 4.68. The zero-order valence-corrected chi connectivity index (χ0v) is 14.7. The van der Waals surface area contributed by atoms with E-state index in [0.29, 0.717) is 12.0 Å². The summed E-state index contributed by atoms with van der Waals surface area (Å²) in [5, 5.41) is 3.27. The highest BCUT2D eigenvalue weighted by Gasteiger charge is 2.03. The highest BCUT2D eigenvalue weighted by atomic mass is 16.5. The van der Waals surface area contributed by atoms with Gasteiger partial charge in [0.1, 0.15) is 0 Å². The molecule has 1 unspecified atom stereocenters. The molecule has 0 aliphatic rings. The average Bonchev–Trinajstić information content (AvgIpc) is 2.40. The molecule has 0 aromatic carbocycles. The van der Waals surface area contributed by atoms with Crippen LogP contribution in [0.1, 0.15) is 46.5 Å². The van der Waals surface area contributed by atoms with Gasteiger partial charge in [0.2, 0.25) is 0 Å². The zero-order chi connectivity index (χ0) is 16.1. The summed E-state index contributed by atoms with van der Waals surface area (Å²) in [7, 11) is 3.83. The van der Waals surface area contributed by atoms with Crippen LogP contribution in [0.3, 0.4) is 0 Å². The molecule has 0 rings (SSSR count). The fourth-order valence-electron chi connectivity index (χ4n) is 2.10. The maximum Gasteiger partial charge on any atom is 0.188 e. The Balaban J connectivity index is 3.67. The van der Waals surface area contributed by atoms with Gasteiger partial charge >= 0.3 is 0 Å². The van der Waals surface area contributed by atoms with Crippen molar-refractivity contribution in [2.45, 2.75) is 52.5 Å². The maximum atomic E-state index is 5.91. The first-order valence-electron chi connectivity index (χ1n) is 8.19. The molecular formula is C16H36N4O. The predicted molar refractivity (Wildman–Crippen MR) is 91.8 cm³/mol. The van der Waals surface area contributed by atoms with E-state index >= 15 is 0 Å². The van der Waals surface area contributed by atoms with Crippen LogP contribution in [0.2, 0.25) is 0 Å². The topological polar surface area (TPSA) is 62.9 Å². The minimum absolute atomic E-state index is 0.400. The molecule has 0 aliphatic heterocycles. The number of likely N-dealkylation sites (N-methyl/N-ethyl adjacent to an activating group) is 1. The smallest absolute Gasteiger partial charge is 0.188 e. The lowest BCUT2D eigenvalue weighted by Crippen LogP contribution is -2.38. The van der Waals surface area contributed by atoms with Gasteiger partial charge in [0, 0.05) is 26.2 Å². The Kier molecular flexibility index (Phi) is 12.4. The molecule has 0 fully saturated rings. The third-order valence-corrected chi connectivity index (χ3v) is 3.47. The van der Waals surface area contributed by atoms with Gasteiger partial charge < -0.3 is 20.7 Å². The van der Waals surface area contributed by atoms with Crippen molar-refractivity contribution in [3.8, 4) is 0 Å². The van der Waals surface area contributed by atoms with Crippen molar-refractivity contribution < 1.29 is 4.74 Å². The van der Waals surface area contributed by atoms with Crippen LogP contribution in [0.5, 0.6) is 0 Å². The largest absolute Gasteiger partial charge is 0.383 e. The number of hydrogen-bond acceptors (Lipinski definition) is 3. The quantitative estimate of drug-likeness (QED) is 0.329. The lowest BCUT2D eigenvalue weighted by atomic mass is 10.0. The summed E-state index contributed by atoms with van der Waals surface area (Å²) in [6.45, 7) is 10.2. The monoisotopic (exact) mass is 300 g/mol. The molecule has 0 bridgehead atoms. The van der Waals surface area contributed by atoms with Crippen LogP contribution in [0.25, 0.3) is 0 Å². The molecule has 5 nitrogen and oxygen atoms in total. The van der Waals surface area contributed by atoms with Crippen molar-refractivity contribution in [3.05, 3.63) is 0 Å². The Morgan fingerprint density at radius 1 is 1.19 bits per heavy atom. The van der Waals surface area contributed by atoms with Gasteiger partial charge in [-0.25, -0.2) is 0 Å². The highest BCUT2D eigenvalue weighted by molar-refractivity contribution is 5.78. The van der Waals surface area contributed by atoms with E-state index in [1.807, 2.05) is 0 Å².